The van der Waals surface area contributed by atoms with Gasteiger partial charge in [-0.15, -0.1) is 0 Å². The summed E-state index contributed by atoms with van der Waals surface area (Å²) >= 11 is 6.34. The number of aryl methyl sites for hydroxylation is 2. The third-order valence-electron chi connectivity index (χ3n) is 3.98. The number of benzene rings is 1. The molecule has 1 N–H and O–H groups in total. The van der Waals surface area contributed by atoms with Gasteiger partial charge in [-0.3, -0.25) is 9.78 Å². The summed E-state index contributed by atoms with van der Waals surface area (Å²) in [6.07, 6.45) is 3.28. The first kappa shape index (κ1) is 16.7. The largest absolute Gasteiger partial charge is 0.378 e. The van der Waals surface area contributed by atoms with Crippen LogP contribution in [0.3, 0.4) is 0 Å². The van der Waals surface area contributed by atoms with Crippen molar-refractivity contribution in [3.63, 3.8) is 0 Å². The molecule has 6 heteroatoms. The number of hydrogen-bond donors (Lipinski definition) is 1. The third-order valence-corrected chi connectivity index (χ3v) is 4.28. The molecule has 24 heavy (non-hydrogen) atoms. The van der Waals surface area contributed by atoms with Gasteiger partial charge in [-0.25, -0.2) is 0 Å². The normalized spacial score (nSPS) is 14.5. The van der Waals surface area contributed by atoms with Gasteiger partial charge < -0.3 is 15.0 Å². The number of pyridine rings is 1. The molecule has 2 heterocycles. The van der Waals surface area contributed by atoms with Crippen LogP contribution in [0.1, 0.15) is 21.5 Å². The van der Waals surface area contributed by atoms with E-state index in [-0.39, 0.29) is 5.91 Å². The number of amides is 1. The Labute approximate surface area is 146 Å². The highest BCUT2D eigenvalue weighted by molar-refractivity contribution is 6.33. The van der Waals surface area contributed by atoms with Crippen molar-refractivity contribution in [1.82, 2.24) is 9.88 Å². The van der Waals surface area contributed by atoms with E-state index in [1.807, 2.05) is 19.9 Å². The van der Waals surface area contributed by atoms with Crippen LogP contribution in [-0.2, 0) is 4.74 Å². The predicted octanol–water partition coefficient (Wildman–Crippen LogP) is 3.57. The van der Waals surface area contributed by atoms with Crippen molar-refractivity contribution in [1.29, 1.82) is 0 Å². The number of hydrogen-bond acceptors (Lipinski definition) is 4. The zero-order valence-corrected chi connectivity index (χ0v) is 14.6. The first-order valence-electron chi connectivity index (χ1n) is 7.90. The average Bonchev–Trinajstić information content (AvgIpc) is 2.58. The average molecular weight is 346 g/mol. The predicted molar refractivity (Wildman–Crippen MR) is 95.2 cm³/mol. The molecule has 1 amide bonds. The Hall–Kier alpha value is -2.11. The van der Waals surface area contributed by atoms with Gasteiger partial charge >= 0.3 is 0 Å². The summed E-state index contributed by atoms with van der Waals surface area (Å²) in [5.41, 5.74) is 4.29. The van der Waals surface area contributed by atoms with Crippen molar-refractivity contribution in [2.24, 2.45) is 0 Å². The summed E-state index contributed by atoms with van der Waals surface area (Å²) in [6, 6.07) is 5.78. The van der Waals surface area contributed by atoms with E-state index in [1.165, 1.54) is 0 Å². The lowest BCUT2D eigenvalue weighted by atomic mass is 10.1. The van der Waals surface area contributed by atoms with Crippen LogP contribution in [0.4, 0.5) is 11.4 Å². The molecule has 1 aliphatic rings. The monoisotopic (exact) mass is 345 g/mol. The zero-order valence-electron chi connectivity index (χ0n) is 13.8. The second-order valence-electron chi connectivity index (χ2n) is 5.93. The molecule has 1 aromatic carbocycles. The molecule has 1 fully saturated rings. The molecule has 1 aliphatic heterocycles. The number of nitrogens with zero attached hydrogens (tertiary/aromatic N) is 2. The number of nitrogens with one attached hydrogen (secondary N) is 1. The number of halogens is 1. The van der Waals surface area contributed by atoms with Gasteiger partial charge in [-0.05, 0) is 37.1 Å². The first-order valence-corrected chi connectivity index (χ1v) is 8.28. The van der Waals surface area contributed by atoms with Crippen molar-refractivity contribution in [2.75, 3.05) is 31.6 Å². The van der Waals surface area contributed by atoms with Crippen LogP contribution >= 0.6 is 11.6 Å². The number of aromatic nitrogens is 1. The Morgan fingerprint density at radius 1 is 1.21 bits per heavy atom. The third kappa shape index (κ3) is 3.68. The highest BCUT2D eigenvalue weighted by atomic mass is 35.5. The minimum Gasteiger partial charge on any atom is -0.378 e. The molecule has 1 aromatic heterocycles. The molecular formula is C18H20ClN3O2. The van der Waals surface area contributed by atoms with Crippen molar-refractivity contribution >= 4 is 28.9 Å². The SMILES string of the molecule is Cc1cc(C)c(Nc2cncc(C(=O)N3CCOCC3)c2)c(Cl)c1. The van der Waals surface area contributed by atoms with Gasteiger partial charge in [0, 0.05) is 19.3 Å². The summed E-state index contributed by atoms with van der Waals surface area (Å²) in [5, 5.41) is 3.93. The quantitative estimate of drug-likeness (QED) is 0.924. The topological polar surface area (TPSA) is 54.5 Å². The summed E-state index contributed by atoms with van der Waals surface area (Å²) in [7, 11) is 0. The lowest BCUT2D eigenvalue weighted by Gasteiger charge is -2.26. The number of anilines is 2. The molecule has 5 nitrogen and oxygen atoms in total. The van der Waals surface area contributed by atoms with Gasteiger partial charge in [0.05, 0.1) is 41.4 Å². The summed E-state index contributed by atoms with van der Waals surface area (Å²) in [4.78, 5) is 18.5. The van der Waals surface area contributed by atoms with Gasteiger partial charge in [-0.2, -0.15) is 0 Å². The Balaban J connectivity index is 1.82. The number of rotatable bonds is 3. The fraction of sp³-hybridized carbons (Fsp3) is 0.333. The maximum absolute atomic E-state index is 12.6. The van der Waals surface area contributed by atoms with Crippen molar-refractivity contribution < 1.29 is 9.53 Å². The maximum Gasteiger partial charge on any atom is 0.255 e. The van der Waals surface area contributed by atoms with E-state index in [4.69, 9.17) is 16.3 Å². The van der Waals surface area contributed by atoms with Crippen molar-refractivity contribution in [3.05, 3.63) is 52.3 Å². The van der Waals surface area contributed by atoms with Crippen molar-refractivity contribution in [2.45, 2.75) is 13.8 Å². The van der Waals surface area contributed by atoms with E-state index in [2.05, 4.69) is 16.4 Å². The highest BCUT2D eigenvalue weighted by Crippen LogP contribution is 2.30. The van der Waals surface area contributed by atoms with Gasteiger partial charge in [0.15, 0.2) is 0 Å². The van der Waals surface area contributed by atoms with Gasteiger partial charge in [0.1, 0.15) is 0 Å². The van der Waals surface area contributed by atoms with Crippen LogP contribution in [0.15, 0.2) is 30.6 Å². The van der Waals surface area contributed by atoms with Gasteiger partial charge in [0.2, 0.25) is 0 Å². The summed E-state index contributed by atoms with van der Waals surface area (Å²) in [5.74, 6) is -0.0267. The minimum atomic E-state index is -0.0267. The number of carbonyl (C=O) groups is 1. The van der Waals surface area contributed by atoms with Crippen LogP contribution in [0, 0.1) is 13.8 Å². The lowest BCUT2D eigenvalue weighted by Crippen LogP contribution is -2.40. The van der Waals surface area contributed by atoms with E-state index in [0.29, 0.717) is 36.9 Å². The van der Waals surface area contributed by atoms with Gasteiger partial charge in [-0.1, -0.05) is 17.7 Å². The minimum absolute atomic E-state index is 0.0267. The molecule has 126 valence electrons. The van der Waals surface area contributed by atoms with E-state index >= 15 is 0 Å². The molecule has 3 rings (SSSR count). The van der Waals surface area contributed by atoms with E-state index in [0.717, 1.165) is 22.5 Å². The molecular weight excluding hydrogens is 326 g/mol. The molecule has 2 aromatic rings. The molecule has 0 atom stereocenters. The van der Waals surface area contributed by atoms with Crippen LogP contribution in [-0.4, -0.2) is 42.1 Å². The summed E-state index contributed by atoms with van der Waals surface area (Å²) < 4.78 is 5.29. The van der Waals surface area contributed by atoms with Crippen LogP contribution in [0.5, 0.6) is 0 Å². The summed E-state index contributed by atoms with van der Waals surface area (Å²) in [6.45, 7) is 6.38. The molecule has 0 unspecified atom stereocenters. The van der Waals surface area contributed by atoms with Gasteiger partial charge in [0.25, 0.3) is 5.91 Å². The fourth-order valence-corrected chi connectivity index (χ4v) is 3.16. The van der Waals surface area contributed by atoms with E-state index in [9.17, 15) is 4.79 Å². The molecule has 0 bridgehead atoms. The molecule has 1 saturated heterocycles. The highest BCUT2D eigenvalue weighted by Gasteiger charge is 2.19. The van der Waals surface area contributed by atoms with Crippen LogP contribution in [0.25, 0.3) is 0 Å². The number of morpholine rings is 1. The second kappa shape index (κ2) is 7.20. The Bertz CT molecular complexity index is 735. The lowest BCUT2D eigenvalue weighted by molar-refractivity contribution is 0.0302. The first-order chi connectivity index (χ1) is 11.5. The van der Waals surface area contributed by atoms with E-state index in [1.54, 1.807) is 23.4 Å². The van der Waals surface area contributed by atoms with Crippen LogP contribution in [0.2, 0.25) is 5.02 Å². The zero-order chi connectivity index (χ0) is 17.1. The Morgan fingerprint density at radius 2 is 1.96 bits per heavy atom. The second-order valence-corrected chi connectivity index (χ2v) is 6.34. The molecule has 0 saturated carbocycles. The Morgan fingerprint density at radius 3 is 2.67 bits per heavy atom. The standard InChI is InChI=1S/C18H20ClN3O2/c1-12-7-13(2)17(16(19)8-12)21-15-9-14(10-20-11-15)18(23)22-3-5-24-6-4-22/h7-11,21H,3-6H2,1-2H3. The smallest absolute Gasteiger partial charge is 0.255 e. The molecule has 0 aliphatic carbocycles. The number of ether oxygens (including phenoxy) is 1. The maximum atomic E-state index is 12.6. The van der Waals surface area contributed by atoms with Crippen molar-refractivity contribution in [3.8, 4) is 0 Å². The molecule has 0 spiro atoms. The number of carbonyl (C=O) groups excluding carboxylic acids is 1. The Kier molecular flexibility index (Phi) is 5.02. The van der Waals surface area contributed by atoms with Crippen LogP contribution < -0.4 is 5.32 Å². The van der Waals surface area contributed by atoms with E-state index < -0.39 is 0 Å². The fourth-order valence-electron chi connectivity index (χ4n) is 2.79. The molecule has 0 radical (unpaired) electrons.